The summed E-state index contributed by atoms with van der Waals surface area (Å²) in [7, 11) is 1.60. The number of rotatable bonds is 13. The Morgan fingerprint density at radius 1 is 1.22 bits per heavy atom. The number of allylic oxidation sites excluding steroid dienone is 1. The Kier molecular flexibility index (Phi) is 10.0. The molecule has 3 rings (SSSR count). The van der Waals surface area contributed by atoms with Crippen LogP contribution in [0.2, 0.25) is 0 Å². The topological polar surface area (TPSA) is 145 Å². The first-order valence-corrected chi connectivity index (χ1v) is 11.8. The predicted molar refractivity (Wildman–Crippen MR) is 133 cm³/mol. The molecular formula is C25H32N4O7. The number of hydrogen-bond donors (Lipinski definition) is 3. The molecule has 2 heterocycles. The molecule has 1 aliphatic heterocycles. The number of benzene rings is 1. The molecular weight excluding hydrogens is 468 g/mol. The summed E-state index contributed by atoms with van der Waals surface area (Å²) in [6.45, 7) is 2.97. The van der Waals surface area contributed by atoms with Gasteiger partial charge in [0.2, 0.25) is 6.29 Å². The molecule has 11 nitrogen and oxygen atoms in total. The number of pyridine rings is 1. The Hall–Kier alpha value is -3.70. The van der Waals surface area contributed by atoms with Crippen LogP contribution in [0, 0.1) is 16.0 Å². The molecule has 0 saturated carbocycles. The molecule has 0 spiro atoms. The van der Waals surface area contributed by atoms with Crippen molar-refractivity contribution in [2.45, 2.75) is 32.0 Å². The van der Waals surface area contributed by atoms with Crippen molar-refractivity contribution >= 4 is 17.4 Å². The molecule has 11 heteroatoms. The number of methoxy groups -OCH3 is 1. The van der Waals surface area contributed by atoms with Gasteiger partial charge in [0.05, 0.1) is 12.0 Å². The number of anilines is 1. The lowest BCUT2D eigenvalue weighted by Gasteiger charge is -2.37. The van der Waals surface area contributed by atoms with Gasteiger partial charge in [-0.15, -0.1) is 0 Å². The van der Waals surface area contributed by atoms with Crippen LogP contribution in [0.3, 0.4) is 0 Å². The van der Waals surface area contributed by atoms with Crippen molar-refractivity contribution in [2.24, 2.45) is 5.92 Å². The second-order valence-electron chi connectivity index (χ2n) is 8.14. The summed E-state index contributed by atoms with van der Waals surface area (Å²) in [5, 5.41) is 26.0. The Balaban J connectivity index is 1.69. The molecule has 0 unspecified atom stereocenters. The first-order chi connectivity index (χ1) is 17.5. The largest absolute Gasteiger partial charge is 0.497 e. The van der Waals surface area contributed by atoms with Gasteiger partial charge in [0.1, 0.15) is 17.8 Å². The summed E-state index contributed by atoms with van der Waals surface area (Å²) in [5.74, 6) is 0.745. The third kappa shape index (κ3) is 7.15. The number of carbonyl (C=O) groups is 1. The van der Waals surface area contributed by atoms with E-state index in [9.17, 15) is 20.0 Å². The lowest BCUT2D eigenvalue weighted by molar-refractivity contribution is -0.385. The standard InChI is InChI=1S/C25H32N4O7/c1-3-35-25-20(5-4-14-30)21(17-6-9-19(34-2)10-7-17)15-22(36-25)24(31)27-13-12-26-23-11-8-18(16-28-23)29(32)33/h6-11,15-16,20-21,25,30H,3-5,12-14H2,1-2H3,(H,26,28)(H,27,31)/t20-,21-,25-/m1/s1. The molecule has 0 radical (unpaired) electrons. The van der Waals surface area contributed by atoms with Gasteiger partial charge in [0.15, 0.2) is 5.76 Å². The molecule has 0 fully saturated rings. The van der Waals surface area contributed by atoms with E-state index in [-0.39, 0.29) is 42.3 Å². The maximum absolute atomic E-state index is 12.9. The Morgan fingerprint density at radius 3 is 2.61 bits per heavy atom. The number of carbonyl (C=O) groups excluding carboxylic acids is 1. The average molecular weight is 501 g/mol. The van der Waals surface area contributed by atoms with Crippen molar-refractivity contribution in [3.8, 4) is 5.75 Å². The van der Waals surface area contributed by atoms with Crippen LogP contribution >= 0.6 is 0 Å². The van der Waals surface area contributed by atoms with Crippen molar-refractivity contribution in [1.82, 2.24) is 10.3 Å². The van der Waals surface area contributed by atoms with E-state index in [1.165, 1.54) is 18.3 Å². The second-order valence-corrected chi connectivity index (χ2v) is 8.14. The molecule has 194 valence electrons. The number of nitro groups is 1. The lowest BCUT2D eigenvalue weighted by Crippen LogP contribution is -2.39. The lowest BCUT2D eigenvalue weighted by atomic mass is 9.80. The van der Waals surface area contributed by atoms with Crippen LogP contribution < -0.4 is 15.4 Å². The third-order valence-electron chi connectivity index (χ3n) is 5.81. The molecule has 36 heavy (non-hydrogen) atoms. The van der Waals surface area contributed by atoms with E-state index >= 15 is 0 Å². The minimum atomic E-state index is -0.637. The van der Waals surface area contributed by atoms with E-state index in [0.29, 0.717) is 31.8 Å². The van der Waals surface area contributed by atoms with Crippen LogP contribution in [0.15, 0.2) is 54.4 Å². The van der Waals surface area contributed by atoms with Crippen LogP contribution in [0.5, 0.6) is 5.75 Å². The summed E-state index contributed by atoms with van der Waals surface area (Å²) < 4.78 is 17.1. The van der Waals surface area contributed by atoms with Crippen molar-refractivity contribution in [1.29, 1.82) is 0 Å². The van der Waals surface area contributed by atoms with Gasteiger partial charge in [-0.3, -0.25) is 14.9 Å². The zero-order chi connectivity index (χ0) is 25.9. The Labute approximate surface area is 209 Å². The number of ether oxygens (including phenoxy) is 3. The molecule has 0 aliphatic carbocycles. The maximum Gasteiger partial charge on any atom is 0.287 e. The second kappa shape index (κ2) is 13.4. The van der Waals surface area contributed by atoms with E-state index in [1.54, 1.807) is 13.2 Å². The number of amides is 1. The fraction of sp³-hybridized carbons (Fsp3) is 0.440. The van der Waals surface area contributed by atoms with E-state index in [4.69, 9.17) is 14.2 Å². The first-order valence-electron chi connectivity index (χ1n) is 11.8. The van der Waals surface area contributed by atoms with Crippen molar-refractivity contribution in [3.63, 3.8) is 0 Å². The Bertz CT molecular complexity index is 1030. The summed E-state index contributed by atoms with van der Waals surface area (Å²) in [4.78, 5) is 27.1. The van der Waals surface area contributed by atoms with Crippen molar-refractivity contribution < 1.29 is 29.0 Å². The SMILES string of the molecule is CCO[C@@H]1OC(C(=O)NCCNc2ccc([N+](=O)[O-])cn2)=C[C@H](c2ccc(OC)cc2)[C@H]1CCCO. The van der Waals surface area contributed by atoms with Gasteiger partial charge < -0.3 is 30.0 Å². The molecule has 1 amide bonds. The minimum Gasteiger partial charge on any atom is -0.497 e. The molecule has 0 bridgehead atoms. The van der Waals surface area contributed by atoms with E-state index < -0.39 is 11.2 Å². The highest BCUT2D eigenvalue weighted by Crippen LogP contribution is 2.39. The van der Waals surface area contributed by atoms with Gasteiger partial charge in [0.25, 0.3) is 11.6 Å². The summed E-state index contributed by atoms with van der Waals surface area (Å²) in [6, 6.07) is 10.5. The fourth-order valence-electron chi connectivity index (χ4n) is 4.02. The third-order valence-corrected chi connectivity index (χ3v) is 5.81. The van der Waals surface area contributed by atoms with E-state index in [1.807, 2.05) is 31.2 Å². The van der Waals surface area contributed by atoms with Crippen molar-refractivity contribution in [2.75, 3.05) is 38.7 Å². The minimum absolute atomic E-state index is 0.0539. The fourth-order valence-corrected chi connectivity index (χ4v) is 4.02. The van der Waals surface area contributed by atoms with Crippen LogP contribution in [0.4, 0.5) is 11.5 Å². The number of aromatic nitrogens is 1. The molecule has 1 aromatic carbocycles. The Morgan fingerprint density at radius 2 is 2.00 bits per heavy atom. The molecule has 1 aromatic heterocycles. The zero-order valence-electron chi connectivity index (χ0n) is 20.4. The highest BCUT2D eigenvalue weighted by molar-refractivity contribution is 5.91. The summed E-state index contributed by atoms with van der Waals surface area (Å²) in [5.41, 5.74) is 0.894. The highest BCUT2D eigenvalue weighted by Gasteiger charge is 2.37. The number of nitrogens with one attached hydrogen (secondary N) is 2. The van der Waals surface area contributed by atoms with Gasteiger partial charge in [-0.1, -0.05) is 12.1 Å². The molecule has 2 aromatic rings. The number of aliphatic hydroxyl groups excluding tert-OH is 1. The number of aliphatic hydroxyl groups is 1. The van der Waals surface area contributed by atoms with E-state index in [2.05, 4.69) is 15.6 Å². The molecule has 3 atom stereocenters. The van der Waals surface area contributed by atoms with Gasteiger partial charge >= 0.3 is 0 Å². The normalized spacial score (nSPS) is 19.1. The van der Waals surface area contributed by atoms with Gasteiger partial charge in [0, 0.05) is 44.2 Å². The van der Waals surface area contributed by atoms with Gasteiger partial charge in [-0.05, 0) is 49.6 Å². The van der Waals surface area contributed by atoms with Crippen LogP contribution in [0.1, 0.15) is 31.2 Å². The van der Waals surface area contributed by atoms with Crippen LogP contribution in [0.25, 0.3) is 0 Å². The number of hydrogen-bond acceptors (Lipinski definition) is 9. The molecule has 3 N–H and O–H groups in total. The summed E-state index contributed by atoms with van der Waals surface area (Å²) in [6.07, 6.45) is 3.58. The number of nitrogens with zero attached hydrogens (tertiary/aromatic N) is 2. The first kappa shape index (κ1) is 26.9. The molecule has 0 saturated heterocycles. The van der Waals surface area contributed by atoms with Crippen molar-refractivity contribution in [3.05, 3.63) is 70.1 Å². The monoisotopic (exact) mass is 500 g/mol. The quantitative estimate of drug-likeness (QED) is 0.215. The van der Waals surface area contributed by atoms with E-state index in [0.717, 1.165) is 11.3 Å². The molecule has 1 aliphatic rings. The maximum atomic E-state index is 12.9. The van der Waals surface area contributed by atoms with Gasteiger partial charge in [-0.25, -0.2) is 4.98 Å². The zero-order valence-corrected chi connectivity index (χ0v) is 20.4. The van der Waals surface area contributed by atoms with Gasteiger partial charge in [-0.2, -0.15) is 0 Å². The highest BCUT2D eigenvalue weighted by atomic mass is 16.7. The average Bonchev–Trinajstić information content (AvgIpc) is 2.90. The smallest absolute Gasteiger partial charge is 0.287 e. The van der Waals surface area contributed by atoms with Crippen LogP contribution in [-0.4, -0.2) is 60.6 Å². The summed E-state index contributed by atoms with van der Waals surface area (Å²) >= 11 is 0. The van der Waals surface area contributed by atoms with Crippen LogP contribution in [-0.2, 0) is 14.3 Å². The predicted octanol–water partition coefficient (Wildman–Crippen LogP) is 2.98.